The van der Waals surface area contributed by atoms with Gasteiger partial charge in [0, 0.05) is 0 Å². The number of halogens is 1. The van der Waals surface area contributed by atoms with Gasteiger partial charge in [-0.25, -0.2) is 4.39 Å². The maximum absolute atomic E-state index is 12.1. The highest BCUT2D eigenvalue weighted by molar-refractivity contribution is 5.25. The fourth-order valence-electron chi connectivity index (χ4n) is 5.70. The maximum Gasteiger partial charge on any atom is 0.0827 e. The minimum Gasteiger partial charge on any atom is -0.216 e. The first-order chi connectivity index (χ1) is 13.8. The lowest BCUT2D eigenvalue weighted by atomic mass is 9.74. The third kappa shape index (κ3) is 6.75. The maximum atomic E-state index is 12.1. The van der Waals surface area contributed by atoms with Gasteiger partial charge in [-0.05, 0) is 79.7 Å². The number of aryl methyl sites for hydroxylation is 1. The van der Waals surface area contributed by atoms with Crippen LogP contribution >= 0.6 is 0 Å². The smallest absolute Gasteiger partial charge is 0.0827 e. The zero-order valence-corrected chi connectivity index (χ0v) is 18.1. The van der Waals surface area contributed by atoms with Gasteiger partial charge in [-0.15, -0.1) is 0 Å². The van der Waals surface area contributed by atoms with E-state index in [0.29, 0.717) is 6.33 Å². The minimum absolute atomic E-state index is 0.710. The first-order valence-electron chi connectivity index (χ1n) is 12.1. The van der Waals surface area contributed by atoms with Crippen molar-refractivity contribution in [1.82, 2.24) is 0 Å². The van der Waals surface area contributed by atoms with Gasteiger partial charge in [-0.2, -0.15) is 0 Å². The molecular weight excluding hydrogens is 343 g/mol. The molecule has 0 amide bonds. The standard InChI is InChI=1S/C27H41F/c1-2-5-22-13-17-26(18-14-22)27-19-15-25(16-20-27)12-11-24-9-7-23(8-10-24)6-3-4-21-28/h4,13-14,17-18,21,23-25,27H,2-3,5-12,15-16,19-20H2,1H3/b21-4+. The second kappa shape index (κ2) is 11.8. The van der Waals surface area contributed by atoms with Crippen LogP contribution < -0.4 is 0 Å². The molecule has 0 aliphatic heterocycles. The average Bonchev–Trinajstić information content (AvgIpc) is 2.75. The summed E-state index contributed by atoms with van der Waals surface area (Å²) in [5.74, 6) is 3.60. The molecule has 0 spiro atoms. The molecule has 1 aromatic rings. The predicted octanol–water partition coefficient (Wildman–Crippen LogP) is 8.76. The van der Waals surface area contributed by atoms with Crippen molar-refractivity contribution < 1.29 is 4.39 Å². The van der Waals surface area contributed by atoms with Gasteiger partial charge in [0.05, 0.1) is 6.33 Å². The van der Waals surface area contributed by atoms with Crippen LogP contribution in [-0.4, -0.2) is 0 Å². The lowest BCUT2D eigenvalue weighted by Gasteiger charge is -2.32. The summed E-state index contributed by atoms with van der Waals surface area (Å²) in [6.07, 6.45) is 21.1. The van der Waals surface area contributed by atoms with Crippen molar-refractivity contribution in [3.63, 3.8) is 0 Å². The fraction of sp³-hybridized carbons (Fsp3) is 0.704. The van der Waals surface area contributed by atoms with Crippen LogP contribution in [0.3, 0.4) is 0 Å². The van der Waals surface area contributed by atoms with Crippen LogP contribution in [0.15, 0.2) is 36.7 Å². The molecule has 3 rings (SSSR count). The number of rotatable bonds is 9. The van der Waals surface area contributed by atoms with Crippen molar-refractivity contribution in [2.45, 2.75) is 103 Å². The molecule has 0 heterocycles. The van der Waals surface area contributed by atoms with E-state index in [1.807, 2.05) is 0 Å². The van der Waals surface area contributed by atoms with E-state index in [-0.39, 0.29) is 0 Å². The lowest BCUT2D eigenvalue weighted by Crippen LogP contribution is -2.17. The summed E-state index contributed by atoms with van der Waals surface area (Å²) in [6, 6.07) is 9.51. The van der Waals surface area contributed by atoms with Crippen LogP contribution in [0, 0.1) is 17.8 Å². The highest BCUT2D eigenvalue weighted by Crippen LogP contribution is 2.40. The van der Waals surface area contributed by atoms with Crippen molar-refractivity contribution in [3.8, 4) is 0 Å². The summed E-state index contributed by atoms with van der Waals surface area (Å²) < 4.78 is 12.1. The molecule has 0 unspecified atom stereocenters. The van der Waals surface area contributed by atoms with E-state index in [9.17, 15) is 4.39 Å². The molecular formula is C27H41F. The summed E-state index contributed by atoms with van der Waals surface area (Å²) in [5, 5.41) is 0. The summed E-state index contributed by atoms with van der Waals surface area (Å²) in [5.41, 5.74) is 3.08. The summed E-state index contributed by atoms with van der Waals surface area (Å²) in [6.45, 7) is 2.26. The van der Waals surface area contributed by atoms with E-state index in [0.717, 1.165) is 30.1 Å². The number of hydrogen-bond donors (Lipinski definition) is 0. The Bertz CT molecular complexity index is 556. The number of allylic oxidation sites excluding steroid dienone is 1. The van der Waals surface area contributed by atoms with E-state index in [2.05, 4.69) is 31.2 Å². The monoisotopic (exact) mass is 384 g/mol. The fourth-order valence-corrected chi connectivity index (χ4v) is 5.70. The Morgan fingerprint density at radius 3 is 1.86 bits per heavy atom. The van der Waals surface area contributed by atoms with Crippen molar-refractivity contribution in [1.29, 1.82) is 0 Å². The average molecular weight is 385 g/mol. The largest absolute Gasteiger partial charge is 0.216 e. The second-order valence-electron chi connectivity index (χ2n) is 9.61. The molecule has 0 atom stereocenters. The third-order valence-corrected chi connectivity index (χ3v) is 7.62. The second-order valence-corrected chi connectivity index (χ2v) is 9.61. The van der Waals surface area contributed by atoms with Gasteiger partial charge in [0.1, 0.15) is 0 Å². The molecule has 2 fully saturated rings. The highest BCUT2D eigenvalue weighted by Gasteiger charge is 2.25. The molecule has 1 aromatic carbocycles. The quantitative estimate of drug-likeness (QED) is 0.399. The SMILES string of the molecule is CCCc1ccc(C2CCC(CCC3CCC(CC/C=C/F)CC3)CC2)cc1. The molecule has 156 valence electrons. The van der Waals surface area contributed by atoms with Gasteiger partial charge in [0.15, 0.2) is 0 Å². The molecule has 2 aliphatic carbocycles. The lowest BCUT2D eigenvalue weighted by molar-refractivity contribution is 0.225. The van der Waals surface area contributed by atoms with Gasteiger partial charge < -0.3 is 0 Å². The molecule has 2 saturated carbocycles. The minimum atomic E-state index is 0.710. The van der Waals surface area contributed by atoms with E-state index in [1.54, 1.807) is 11.6 Å². The summed E-state index contributed by atoms with van der Waals surface area (Å²) in [7, 11) is 0. The van der Waals surface area contributed by atoms with Gasteiger partial charge in [-0.1, -0.05) is 82.2 Å². The topological polar surface area (TPSA) is 0 Å². The zero-order chi connectivity index (χ0) is 19.6. The third-order valence-electron chi connectivity index (χ3n) is 7.62. The molecule has 2 aliphatic rings. The zero-order valence-electron chi connectivity index (χ0n) is 18.1. The van der Waals surface area contributed by atoms with Gasteiger partial charge >= 0.3 is 0 Å². The Kier molecular flexibility index (Phi) is 9.09. The molecule has 0 bridgehead atoms. The Hall–Kier alpha value is -1.11. The van der Waals surface area contributed by atoms with Crippen LogP contribution in [0.25, 0.3) is 0 Å². The summed E-state index contributed by atoms with van der Waals surface area (Å²) in [4.78, 5) is 0. The molecule has 28 heavy (non-hydrogen) atoms. The van der Waals surface area contributed by atoms with Gasteiger partial charge in [0.2, 0.25) is 0 Å². The molecule has 1 heteroatoms. The normalized spacial score (nSPS) is 28.6. The number of hydrogen-bond acceptors (Lipinski definition) is 0. The van der Waals surface area contributed by atoms with E-state index >= 15 is 0 Å². The van der Waals surface area contributed by atoms with Crippen LogP contribution in [0.1, 0.15) is 107 Å². The summed E-state index contributed by atoms with van der Waals surface area (Å²) >= 11 is 0. The predicted molar refractivity (Wildman–Crippen MR) is 119 cm³/mol. The van der Waals surface area contributed by atoms with E-state index in [4.69, 9.17) is 0 Å². The first kappa shape index (κ1) is 21.6. The van der Waals surface area contributed by atoms with Crippen molar-refractivity contribution in [3.05, 3.63) is 47.8 Å². The molecule has 0 N–H and O–H groups in total. The van der Waals surface area contributed by atoms with E-state index < -0.39 is 0 Å². The Balaban J connectivity index is 1.32. The van der Waals surface area contributed by atoms with Crippen LogP contribution in [0.5, 0.6) is 0 Å². The van der Waals surface area contributed by atoms with Crippen LogP contribution in [-0.2, 0) is 6.42 Å². The molecule has 0 nitrogen and oxygen atoms in total. The van der Waals surface area contributed by atoms with Crippen LogP contribution in [0.2, 0.25) is 0 Å². The first-order valence-corrected chi connectivity index (χ1v) is 12.1. The number of benzene rings is 1. The highest BCUT2D eigenvalue weighted by atomic mass is 19.1. The Morgan fingerprint density at radius 2 is 1.32 bits per heavy atom. The molecule has 0 aromatic heterocycles. The van der Waals surface area contributed by atoms with Crippen LogP contribution in [0.4, 0.5) is 4.39 Å². The van der Waals surface area contributed by atoms with Crippen molar-refractivity contribution in [2.75, 3.05) is 0 Å². The Morgan fingerprint density at radius 1 is 0.786 bits per heavy atom. The van der Waals surface area contributed by atoms with Gasteiger partial charge in [0.25, 0.3) is 0 Å². The molecule has 0 saturated heterocycles. The Labute approximate surface area is 173 Å². The molecule has 0 radical (unpaired) electrons. The van der Waals surface area contributed by atoms with E-state index in [1.165, 1.54) is 89.0 Å². The van der Waals surface area contributed by atoms with Crippen molar-refractivity contribution in [2.24, 2.45) is 17.8 Å². The van der Waals surface area contributed by atoms with Gasteiger partial charge in [-0.3, -0.25) is 0 Å². The van der Waals surface area contributed by atoms with Crippen molar-refractivity contribution >= 4 is 0 Å².